The van der Waals surface area contributed by atoms with Gasteiger partial charge in [0.05, 0.1) is 5.75 Å². The minimum absolute atomic E-state index is 0. The first-order valence-electron chi connectivity index (χ1n) is 9.15. The molecule has 0 unspecified atom stereocenters. The Morgan fingerprint density at radius 1 is 1.00 bits per heavy atom. The predicted octanol–water partition coefficient (Wildman–Crippen LogP) is 4.80. The van der Waals surface area contributed by atoms with Crippen molar-refractivity contribution in [3.63, 3.8) is 0 Å². The second-order valence-corrected chi connectivity index (χ2v) is 8.11. The number of hydrogen-bond donors (Lipinski definition) is 1. The van der Waals surface area contributed by atoms with E-state index in [1.807, 2.05) is 65.2 Å². The van der Waals surface area contributed by atoms with Gasteiger partial charge in [-0.3, -0.25) is 14.7 Å². The smallest absolute Gasteiger partial charge is 0.236 e. The summed E-state index contributed by atoms with van der Waals surface area (Å²) in [6, 6.07) is 19.5. The molecule has 0 atom stereocenters. The summed E-state index contributed by atoms with van der Waals surface area (Å²) in [6.45, 7) is 4.36. The number of nitrogens with one attached hydrogen (secondary N) is 1. The van der Waals surface area contributed by atoms with Crippen LogP contribution in [0.25, 0.3) is 22.0 Å². The lowest BCUT2D eigenvalue weighted by Gasteiger charge is -2.07. The van der Waals surface area contributed by atoms with Crippen molar-refractivity contribution >= 4 is 46.5 Å². The Balaban J connectivity index is 0.00000272. The molecular formula is C21H19ClN6OS2. The molecule has 0 saturated carbocycles. The van der Waals surface area contributed by atoms with Gasteiger partial charge < -0.3 is 0 Å². The summed E-state index contributed by atoms with van der Waals surface area (Å²) < 4.78 is 1.94. The lowest BCUT2D eigenvalue weighted by Crippen LogP contribution is -2.14. The monoisotopic (exact) mass is 470 g/mol. The maximum absolute atomic E-state index is 12.4. The zero-order valence-electron chi connectivity index (χ0n) is 16.3. The van der Waals surface area contributed by atoms with Crippen molar-refractivity contribution in [1.82, 2.24) is 25.0 Å². The summed E-state index contributed by atoms with van der Waals surface area (Å²) in [5.74, 6) is 0.754. The molecule has 2 aromatic carbocycles. The van der Waals surface area contributed by atoms with Gasteiger partial charge in [0.2, 0.25) is 11.0 Å². The molecule has 2 aromatic heterocycles. The highest BCUT2D eigenvalue weighted by Gasteiger charge is 2.16. The van der Waals surface area contributed by atoms with Crippen LogP contribution < -0.4 is 5.32 Å². The number of thioether (sulfide) groups is 1. The van der Waals surface area contributed by atoms with Crippen LogP contribution in [0.1, 0.15) is 0 Å². The quantitative estimate of drug-likeness (QED) is 0.294. The Bertz CT molecular complexity index is 1150. The molecule has 7 nitrogen and oxygen atoms in total. The second kappa shape index (κ2) is 10.9. The Hall–Kier alpha value is -3.01. The van der Waals surface area contributed by atoms with Crippen LogP contribution in [0.15, 0.2) is 78.5 Å². The van der Waals surface area contributed by atoms with Crippen molar-refractivity contribution in [2.24, 2.45) is 0 Å². The Labute approximate surface area is 194 Å². The van der Waals surface area contributed by atoms with E-state index in [2.05, 4.69) is 32.3 Å². The minimum atomic E-state index is -0.176. The number of nitrogens with zero attached hydrogens (tertiary/aromatic N) is 5. The summed E-state index contributed by atoms with van der Waals surface area (Å²) in [6.07, 6.45) is 1.78. The highest BCUT2D eigenvalue weighted by Crippen LogP contribution is 2.27. The maximum Gasteiger partial charge on any atom is 0.236 e. The minimum Gasteiger partial charge on any atom is -0.300 e. The number of hydrogen-bond acceptors (Lipinski definition) is 7. The molecule has 4 aromatic rings. The van der Waals surface area contributed by atoms with E-state index in [1.165, 1.54) is 23.1 Å². The summed E-state index contributed by atoms with van der Waals surface area (Å²) in [5, 5.41) is 21.4. The van der Waals surface area contributed by atoms with E-state index in [0.29, 0.717) is 16.8 Å². The average Bonchev–Trinajstić information content (AvgIpc) is 3.41. The fourth-order valence-electron chi connectivity index (χ4n) is 2.75. The number of carbonyl (C=O) groups is 1. The molecule has 0 radical (unpaired) electrons. The van der Waals surface area contributed by atoms with Crippen LogP contribution in [0.5, 0.6) is 0 Å². The summed E-state index contributed by atoms with van der Waals surface area (Å²) in [7, 11) is 0. The van der Waals surface area contributed by atoms with Crippen molar-refractivity contribution in [3.05, 3.63) is 73.3 Å². The number of halogens is 1. The van der Waals surface area contributed by atoms with Crippen LogP contribution in [-0.4, -0.2) is 36.6 Å². The van der Waals surface area contributed by atoms with Crippen molar-refractivity contribution in [2.75, 3.05) is 11.1 Å². The Morgan fingerprint density at radius 2 is 1.68 bits per heavy atom. The van der Waals surface area contributed by atoms with E-state index < -0.39 is 0 Å². The number of allylic oxidation sites excluding steroid dienone is 1. The van der Waals surface area contributed by atoms with Crippen LogP contribution >= 0.6 is 35.5 Å². The van der Waals surface area contributed by atoms with Gasteiger partial charge in [-0.05, 0) is 0 Å². The SMILES string of the molecule is C=CCn1c(SCC(=O)Nc2nnc(-c3ccccc3)s2)nnc1-c1ccccc1.Cl. The van der Waals surface area contributed by atoms with E-state index in [1.54, 1.807) is 6.08 Å². The van der Waals surface area contributed by atoms with Crippen LogP contribution in [-0.2, 0) is 11.3 Å². The highest BCUT2D eigenvalue weighted by atomic mass is 35.5. The van der Waals surface area contributed by atoms with E-state index >= 15 is 0 Å². The Morgan fingerprint density at radius 3 is 2.35 bits per heavy atom. The molecule has 0 aliphatic rings. The largest absolute Gasteiger partial charge is 0.300 e. The molecule has 31 heavy (non-hydrogen) atoms. The maximum atomic E-state index is 12.4. The van der Waals surface area contributed by atoms with Crippen LogP contribution in [0.4, 0.5) is 5.13 Å². The van der Waals surface area contributed by atoms with Crippen molar-refractivity contribution in [2.45, 2.75) is 11.7 Å². The molecule has 0 fully saturated rings. The van der Waals surface area contributed by atoms with Gasteiger partial charge in [-0.1, -0.05) is 89.8 Å². The van der Waals surface area contributed by atoms with Crippen LogP contribution in [0.3, 0.4) is 0 Å². The zero-order chi connectivity index (χ0) is 20.8. The third-order valence-corrected chi connectivity index (χ3v) is 5.94. The van der Waals surface area contributed by atoms with Gasteiger partial charge in [0.1, 0.15) is 5.01 Å². The van der Waals surface area contributed by atoms with Crippen LogP contribution in [0.2, 0.25) is 0 Å². The van der Waals surface area contributed by atoms with Gasteiger partial charge in [0.15, 0.2) is 11.0 Å². The molecule has 4 rings (SSSR count). The first-order valence-corrected chi connectivity index (χ1v) is 11.0. The lowest BCUT2D eigenvalue weighted by molar-refractivity contribution is -0.113. The molecule has 0 bridgehead atoms. The molecule has 0 saturated heterocycles. The Kier molecular flexibility index (Phi) is 7.94. The van der Waals surface area contributed by atoms with Gasteiger partial charge >= 0.3 is 0 Å². The second-order valence-electron chi connectivity index (χ2n) is 6.19. The molecule has 0 spiro atoms. The standard InChI is InChI=1S/C21H18N6OS2.ClH/c1-2-13-27-18(15-9-5-3-6-10-15)23-26-21(27)29-14-17(28)22-20-25-24-19(30-20)16-11-7-4-8-12-16;/h2-12H,1,13-14H2,(H,22,25,28);1H. The summed E-state index contributed by atoms with van der Waals surface area (Å²) in [4.78, 5) is 12.4. The fourth-order valence-corrected chi connectivity index (χ4v) is 4.26. The summed E-state index contributed by atoms with van der Waals surface area (Å²) >= 11 is 2.66. The molecule has 1 amide bonds. The van der Waals surface area contributed by atoms with E-state index in [-0.39, 0.29) is 24.1 Å². The molecular weight excluding hydrogens is 452 g/mol. The topological polar surface area (TPSA) is 85.6 Å². The van der Waals surface area contributed by atoms with Crippen molar-refractivity contribution in [3.8, 4) is 22.0 Å². The van der Waals surface area contributed by atoms with Crippen LogP contribution in [0, 0.1) is 0 Å². The van der Waals surface area contributed by atoms with E-state index in [4.69, 9.17) is 0 Å². The van der Waals surface area contributed by atoms with Gasteiger partial charge in [0, 0.05) is 17.7 Å². The van der Waals surface area contributed by atoms with Gasteiger partial charge in [-0.15, -0.1) is 39.4 Å². The average molecular weight is 471 g/mol. The number of rotatable bonds is 8. The fraction of sp³-hybridized carbons (Fsp3) is 0.0952. The summed E-state index contributed by atoms with van der Waals surface area (Å²) in [5.41, 5.74) is 1.93. The third kappa shape index (κ3) is 5.57. The third-order valence-electron chi connectivity index (χ3n) is 4.08. The first-order chi connectivity index (χ1) is 14.7. The first kappa shape index (κ1) is 22.7. The van der Waals surface area contributed by atoms with Gasteiger partial charge in [-0.2, -0.15) is 0 Å². The number of carbonyl (C=O) groups excluding carboxylic acids is 1. The normalized spacial score (nSPS) is 10.3. The molecule has 1 N–H and O–H groups in total. The number of aromatic nitrogens is 5. The van der Waals surface area contributed by atoms with Gasteiger partial charge in [-0.25, -0.2) is 0 Å². The van der Waals surface area contributed by atoms with Crippen molar-refractivity contribution in [1.29, 1.82) is 0 Å². The van der Waals surface area contributed by atoms with E-state index in [9.17, 15) is 4.79 Å². The molecule has 0 aliphatic carbocycles. The zero-order valence-corrected chi connectivity index (χ0v) is 18.8. The molecule has 0 aliphatic heterocycles. The van der Waals surface area contributed by atoms with E-state index in [0.717, 1.165) is 22.0 Å². The van der Waals surface area contributed by atoms with Crippen molar-refractivity contribution < 1.29 is 4.79 Å². The number of amides is 1. The lowest BCUT2D eigenvalue weighted by atomic mass is 10.2. The number of benzene rings is 2. The van der Waals surface area contributed by atoms with Gasteiger partial charge in [0.25, 0.3) is 0 Å². The highest BCUT2D eigenvalue weighted by molar-refractivity contribution is 7.99. The molecule has 158 valence electrons. The number of anilines is 1. The predicted molar refractivity (Wildman–Crippen MR) is 128 cm³/mol. The molecule has 2 heterocycles. The molecule has 10 heteroatoms.